The highest BCUT2D eigenvalue weighted by molar-refractivity contribution is 5.66. The fourth-order valence-electron chi connectivity index (χ4n) is 1.15. The molecular formula is C10H15N3O2. The molecule has 1 aromatic rings. The van der Waals surface area contributed by atoms with Gasteiger partial charge in [0.05, 0.1) is 0 Å². The van der Waals surface area contributed by atoms with Crippen molar-refractivity contribution in [3.05, 3.63) is 18.0 Å². The molecule has 1 heterocycles. The normalized spacial score (nSPS) is 10.0. The van der Waals surface area contributed by atoms with Crippen LogP contribution >= 0.6 is 0 Å². The highest BCUT2D eigenvalue weighted by atomic mass is 16.4. The van der Waals surface area contributed by atoms with Gasteiger partial charge in [-0.15, -0.1) is 0 Å². The van der Waals surface area contributed by atoms with Crippen molar-refractivity contribution >= 4 is 11.9 Å². The first-order chi connectivity index (χ1) is 7.09. The number of anilines is 1. The van der Waals surface area contributed by atoms with Gasteiger partial charge >= 0.3 is 5.97 Å². The molecule has 15 heavy (non-hydrogen) atoms. The van der Waals surface area contributed by atoms with Gasteiger partial charge in [0, 0.05) is 32.9 Å². The fourth-order valence-corrected chi connectivity index (χ4v) is 1.15. The number of nitrogens with zero attached hydrogens (tertiary/aromatic N) is 3. The molecule has 0 amide bonds. The summed E-state index contributed by atoms with van der Waals surface area (Å²) in [5, 5.41) is 8.47. The van der Waals surface area contributed by atoms with Crippen LogP contribution in [0.3, 0.4) is 0 Å². The van der Waals surface area contributed by atoms with Gasteiger partial charge in [-0.05, 0) is 18.4 Å². The molecule has 5 heteroatoms. The second-order valence-corrected chi connectivity index (χ2v) is 3.53. The van der Waals surface area contributed by atoms with Gasteiger partial charge < -0.3 is 10.0 Å². The molecule has 1 aromatic heterocycles. The van der Waals surface area contributed by atoms with Crippen LogP contribution in [0.2, 0.25) is 0 Å². The van der Waals surface area contributed by atoms with Crippen molar-refractivity contribution in [1.29, 1.82) is 0 Å². The lowest BCUT2D eigenvalue weighted by Crippen LogP contribution is -2.12. The summed E-state index contributed by atoms with van der Waals surface area (Å²) in [5.41, 5.74) is 0.974. The molecule has 0 fully saturated rings. The summed E-state index contributed by atoms with van der Waals surface area (Å²) < 4.78 is 0. The maximum Gasteiger partial charge on any atom is 0.303 e. The number of aryl methyl sites for hydroxylation is 1. The predicted molar refractivity (Wildman–Crippen MR) is 56.9 cm³/mol. The number of hydrogen-bond acceptors (Lipinski definition) is 4. The molecule has 0 atom stereocenters. The van der Waals surface area contributed by atoms with Crippen molar-refractivity contribution in [3.63, 3.8) is 0 Å². The molecule has 0 unspecified atom stereocenters. The number of carboxylic acid groups (broad SMARTS) is 1. The molecule has 0 saturated carbocycles. The molecule has 0 spiro atoms. The van der Waals surface area contributed by atoms with Gasteiger partial charge in [-0.3, -0.25) is 4.79 Å². The minimum atomic E-state index is -0.763. The Hall–Kier alpha value is -1.65. The van der Waals surface area contributed by atoms with E-state index in [0.717, 1.165) is 5.56 Å². The third kappa shape index (κ3) is 3.93. The van der Waals surface area contributed by atoms with E-state index >= 15 is 0 Å². The molecule has 82 valence electrons. The summed E-state index contributed by atoms with van der Waals surface area (Å²) in [6.07, 6.45) is 5.00. The minimum Gasteiger partial charge on any atom is -0.481 e. The highest BCUT2D eigenvalue weighted by Crippen LogP contribution is 2.06. The number of carboxylic acids is 1. The smallest absolute Gasteiger partial charge is 0.303 e. The van der Waals surface area contributed by atoms with Crippen LogP contribution in [0, 0.1) is 0 Å². The van der Waals surface area contributed by atoms with Gasteiger partial charge in [-0.25, -0.2) is 9.97 Å². The number of rotatable bonds is 5. The molecule has 0 radical (unpaired) electrons. The average molecular weight is 209 g/mol. The second-order valence-electron chi connectivity index (χ2n) is 3.53. The van der Waals surface area contributed by atoms with Crippen LogP contribution in [-0.2, 0) is 11.2 Å². The van der Waals surface area contributed by atoms with Crippen molar-refractivity contribution < 1.29 is 9.90 Å². The topological polar surface area (TPSA) is 66.3 Å². The molecule has 0 bridgehead atoms. The number of aromatic nitrogens is 2. The Balaban J connectivity index is 2.46. The van der Waals surface area contributed by atoms with Gasteiger partial charge in [-0.2, -0.15) is 0 Å². The average Bonchev–Trinajstić information content (AvgIpc) is 2.18. The monoisotopic (exact) mass is 209 g/mol. The zero-order valence-corrected chi connectivity index (χ0v) is 8.97. The van der Waals surface area contributed by atoms with Crippen LogP contribution in [0.1, 0.15) is 18.4 Å². The highest BCUT2D eigenvalue weighted by Gasteiger charge is 2.01. The Morgan fingerprint density at radius 1 is 1.40 bits per heavy atom. The van der Waals surface area contributed by atoms with E-state index in [0.29, 0.717) is 18.8 Å². The maximum absolute atomic E-state index is 10.3. The summed E-state index contributed by atoms with van der Waals surface area (Å²) >= 11 is 0. The first kappa shape index (κ1) is 11.4. The van der Waals surface area contributed by atoms with Crippen LogP contribution in [0.25, 0.3) is 0 Å². The van der Waals surface area contributed by atoms with Crippen molar-refractivity contribution in [2.75, 3.05) is 19.0 Å². The molecule has 5 nitrogen and oxygen atoms in total. The Labute approximate surface area is 88.8 Å². The van der Waals surface area contributed by atoms with Gasteiger partial charge in [0.15, 0.2) is 0 Å². The number of hydrogen-bond donors (Lipinski definition) is 1. The van der Waals surface area contributed by atoms with Gasteiger partial charge in [-0.1, -0.05) is 0 Å². The van der Waals surface area contributed by atoms with Gasteiger partial charge in [0.1, 0.15) is 0 Å². The van der Waals surface area contributed by atoms with Crippen LogP contribution in [0.4, 0.5) is 5.95 Å². The molecule has 0 aromatic carbocycles. The molecular weight excluding hydrogens is 194 g/mol. The second kappa shape index (κ2) is 5.29. The van der Waals surface area contributed by atoms with Crippen LogP contribution in [0.15, 0.2) is 12.4 Å². The van der Waals surface area contributed by atoms with Crippen molar-refractivity contribution in [1.82, 2.24) is 9.97 Å². The van der Waals surface area contributed by atoms with E-state index < -0.39 is 5.97 Å². The van der Waals surface area contributed by atoms with E-state index in [9.17, 15) is 4.79 Å². The third-order valence-electron chi connectivity index (χ3n) is 1.95. The summed E-state index contributed by atoms with van der Waals surface area (Å²) in [6.45, 7) is 0. The third-order valence-corrected chi connectivity index (χ3v) is 1.95. The number of carbonyl (C=O) groups is 1. The Morgan fingerprint density at radius 3 is 2.47 bits per heavy atom. The van der Waals surface area contributed by atoms with Gasteiger partial charge in [0.25, 0.3) is 0 Å². The zero-order chi connectivity index (χ0) is 11.3. The first-order valence-corrected chi connectivity index (χ1v) is 4.79. The molecule has 0 saturated heterocycles. The lowest BCUT2D eigenvalue weighted by molar-refractivity contribution is -0.137. The summed E-state index contributed by atoms with van der Waals surface area (Å²) in [7, 11) is 3.75. The largest absolute Gasteiger partial charge is 0.481 e. The molecule has 1 rings (SSSR count). The van der Waals surface area contributed by atoms with Crippen molar-refractivity contribution in [2.45, 2.75) is 19.3 Å². The van der Waals surface area contributed by atoms with Gasteiger partial charge in [0.2, 0.25) is 5.95 Å². The summed E-state index contributed by atoms with van der Waals surface area (Å²) in [5.74, 6) is -0.0992. The van der Waals surface area contributed by atoms with Crippen LogP contribution in [-0.4, -0.2) is 35.1 Å². The van der Waals surface area contributed by atoms with E-state index in [4.69, 9.17) is 5.11 Å². The summed E-state index contributed by atoms with van der Waals surface area (Å²) in [4.78, 5) is 20.4. The first-order valence-electron chi connectivity index (χ1n) is 4.79. The maximum atomic E-state index is 10.3. The van der Waals surface area contributed by atoms with E-state index in [1.165, 1.54) is 0 Å². The molecule has 0 aliphatic heterocycles. The summed E-state index contributed by atoms with van der Waals surface area (Å²) in [6, 6.07) is 0. The number of aliphatic carboxylic acids is 1. The van der Waals surface area contributed by atoms with Crippen molar-refractivity contribution in [3.8, 4) is 0 Å². The SMILES string of the molecule is CN(C)c1ncc(CCCC(=O)O)cn1. The van der Waals surface area contributed by atoms with Crippen LogP contribution in [0.5, 0.6) is 0 Å². The van der Waals surface area contributed by atoms with E-state index in [1.807, 2.05) is 19.0 Å². The Kier molecular flexibility index (Phi) is 4.03. The fraction of sp³-hybridized carbons (Fsp3) is 0.500. The quantitative estimate of drug-likeness (QED) is 0.782. The Morgan fingerprint density at radius 2 is 2.00 bits per heavy atom. The van der Waals surface area contributed by atoms with E-state index in [2.05, 4.69) is 9.97 Å². The standard InChI is InChI=1S/C10H15N3O2/c1-13(2)10-11-6-8(7-12-10)4-3-5-9(14)15/h6-7H,3-5H2,1-2H3,(H,14,15). The van der Waals surface area contributed by atoms with Crippen LogP contribution < -0.4 is 4.90 Å². The molecule has 1 N–H and O–H groups in total. The minimum absolute atomic E-state index is 0.190. The molecule has 0 aliphatic carbocycles. The lowest BCUT2D eigenvalue weighted by atomic mass is 10.1. The lowest BCUT2D eigenvalue weighted by Gasteiger charge is -2.09. The zero-order valence-electron chi connectivity index (χ0n) is 8.97. The van der Waals surface area contributed by atoms with E-state index in [-0.39, 0.29) is 6.42 Å². The Bertz CT molecular complexity index is 322. The van der Waals surface area contributed by atoms with E-state index in [1.54, 1.807) is 12.4 Å². The molecule has 0 aliphatic rings. The predicted octanol–water partition coefficient (Wildman–Crippen LogP) is 0.950. The van der Waals surface area contributed by atoms with Crippen molar-refractivity contribution in [2.24, 2.45) is 0 Å².